The molecule has 0 spiro atoms. The zero-order chi connectivity index (χ0) is 27.3. The maximum atomic E-state index is 11.6. The number of hydrogen-bond acceptors (Lipinski definition) is 8. The minimum absolute atomic E-state index is 0.196. The van der Waals surface area contributed by atoms with Crippen LogP contribution in [0.5, 0.6) is 0 Å². The smallest absolute Gasteiger partial charge is 0.475 e. The summed E-state index contributed by atoms with van der Waals surface area (Å²) in [4.78, 5) is 39.2. The molecule has 1 aliphatic rings. The maximum absolute atomic E-state index is 11.6. The zero-order valence-electron chi connectivity index (χ0n) is 20.7. The number of carbonyl (C=O) groups is 2. The van der Waals surface area contributed by atoms with Crippen molar-refractivity contribution in [3.8, 4) is 17.3 Å². The van der Waals surface area contributed by atoms with Crippen LogP contribution in [0.1, 0.15) is 18.3 Å². The van der Waals surface area contributed by atoms with E-state index in [0.717, 1.165) is 49.1 Å². The number of hydrogen-bond donors (Lipinski definition) is 2. The monoisotopic (exact) mass is 520 g/mol. The second-order valence-electron chi connectivity index (χ2n) is 8.43. The van der Waals surface area contributed by atoms with Crippen molar-refractivity contribution in [2.45, 2.75) is 26.9 Å². The highest BCUT2D eigenvalue weighted by Crippen LogP contribution is 2.23. The van der Waals surface area contributed by atoms with Crippen molar-refractivity contribution in [1.82, 2.24) is 29.6 Å². The summed E-state index contributed by atoms with van der Waals surface area (Å²) >= 11 is 0. The summed E-state index contributed by atoms with van der Waals surface area (Å²) in [5.41, 5.74) is 3.14. The van der Waals surface area contributed by atoms with Crippen molar-refractivity contribution in [3.63, 3.8) is 0 Å². The summed E-state index contributed by atoms with van der Waals surface area (Å²) in [7, 11) is 2.13. The highest BCUT2D eigenvalue weighted by Gasteiger charge is 2.38. The molecule has 2 N–H and O–H groups in total. The first-order valence-electron chi connectivity index (χ1n) is 11.2. The SMILES string of the molecule is CC(=O)Nc1cc(-c2cccc(N3CCN(C)CC3)n2)nc(-n2nc(C)cc2C)n1.O=C(O)C(F)(F)F. The fourth-order valence-electron chi connectivity index (χ4n) is 3.51. The molecule has 0 aromatic carbocycles. The predicted octanol–water partition coefficient (Wildman–Crippen LogP) is 2.68. The molecule has 0 bridgehead atoms. The lowest BCUT2D eigenvalue weighted by atomic mass is 10.2. The van der Waals surface area contributed by atoms with Crippen LogP contribution in [-0.2, 0) is 9.59 Å². The van der Waals surface area contributed by atoms with Crippen molar-refractivity contribution in [2.75, 3.05) is 43.4 Å². The lowest BCUT2D eigenvalue weighted by Crippen LogP contribution is -2.44. The van der Waals surface area contributed by atoms with Gasteiger partial charge in [0, 0.05) is 44.9 Å². The van der Waals surface area contributed by atoms with E-state index in [0.29, 0.717) is 17.5 Å². The number of aromatic nitrogens is 5. The van der Waals surface area contributed by atoms with E-state index in [4.69, 9.17) is 19.9 Å². The molecule has 4 rings (SSSR count). The number of anilines is 2. The van der Waals surface area contributed by atoms with Crippen molar-refractivity contribution >= 4 is 23.5 Å². The third kappa shape index (κ3) is 7.46. The van der Waals surface area contributed by atoms with Crippen LogP contribution < -0.4 is 10.2 Å². The number of piperazine rings is 1. The highest BCUT2D eigenvalue weighted by atomic mass is 19.4. The Balaban J connectivity index is 0.000000479. The fraction of sp³-hybridized carbons (Fsp3) is 0.391. The Morgan fingerprint density at radius 3 is 2.19 bits per heavy atom. The van der Waals surface area contributed by atoms with E-state index in [1.807, 2.05) is 38.1 Å². The van der Waals surface area contributed by atoms with Gasteiger partial charge in [-0.25, -0.2) is 19.4 Å². The lowest BCUT2D eigenvalue weighted by Gasteiger charge is -2.33. The number of nitrogens with zero attached hydrogens (tertiary/aromatic N) is 7. The van der Waals surface area contributed by atoms with Gasteiger partial charge in [-0.2, -0.15) is 23.3 Å². The second-order valence-corrected chi connectivity index (χ2v) is 8.43. The van der Waals surface area contributed by atoms with Crippen LogP contribution in [0, 0.1) is 13.8 Å². The lowest BCUT2D eigenvalue weighted by molar-refractivity contribution is -0.192. The number of aliphatic carboxylic acids is 1. The van der Waals surface area contributed by atoms with E-state index in [1.165, 1.54) is 6.92 Å². The molecule has 11 nitrogen and oxygen atoms in total. The summed E-state index contributed by atoms with van der Waals surface area (Å²) in [6.07, 6.45) is -5.08. The van der Waals surface area contributed by atoms with Gasteiger partial charge in [0.05, 0.1) is 17.1 Å². The van der Waals surface area contributed by atoms with Crippen molar-refractivity contribution < 1.29 is 27.9 Å². The third-order valence-corrected chi connectivity index (χ3v) is 5.28. The first-order chi connectivity index (χ1) is 17.3. The molecule has 3 aromatic heterocycles. The first kappa shape index (κ1) is 27.5. The maximum Gasteiger partial charge on any atom is 0.490 e. The van der Waals surface area contributed by atoms with Gasteiger partial charge in [-0.1, -0.05) is 6.07 Å². The predicted molar refractivity (Wildman–Crippen MR) is 130 cm³/mol. The van der Waals surface area contributed by atoms with Crippen LogP contribution in [0.3, 0.4) is 0 Å². The minimum Gasteiger partial charge on any atom is -0.475 e. The topological polar surface area (TPSA) is 129 Å². The zero-order valence-corrected chi connectivity index (χ0v) is 20.7. The van der Waals surface area contributed by atoms with Crippen LogP contribution >= 0.6 is 0 Å². The normalized spacial score (nSPS) is 14.1. The Bertz CT molecular complexity index is 1270. The van der Waals surface area contributed by atoms with E-state index in [9.17, 15) is 18.0 Å². The van der Waals surface area contributed by atoms with Gasteiger partial charge in [-0.05, 0) is 39.1 Å². The van der Waals surface area contributed by atoms with Crippen molar-refractivity contribution in [1.29, 1.82) is 0 Å². The van der Waals surface area contributed by atoms with Gasteiger partial charge in [0.1, 0.15) is 11.6 Å². The number of halogens is 3. The Hall–Kier alpha value is -4.07. The number of nitrogens with one attached hydrogen (secondary N) is 1. The van der Waals surface area contributed by atoms with E-state index in [1.54, 1.807) is 10.7 Å². The van der Waals surface area contributed by atoms with E-state index in [-0.39, 0.29) is 5.91 Å². The molecular weight excluding hydrogens is 493 g/mol. The standard InChI is InChI=1S/C21H26N8O.C2HF3O2/c1-14-12-15(2)29(26-14)21-24-18(13-19(25-21)22-16(3)30)17-6-5-7-20(23-17)28-10-8-27(4)9-11-28;3-2(4,5)1(6)7/h5-7,12-13H,8-11H2,1-4H3,(H,22,24,25,30);(H,6,7). The van der Waals surface area contributed by atoms with Crippen molar-refractivity contribution in [3.05, 3.63) is 41.7 Å². The average molecular weight is 521 g/mol. The summed E-state index contributed by atoms with van der Waals surface area (Å²) in [5.74, 6) is -1.21. The van der Waals surface area contributed by atoms with Crippen LogP contribution in [0.2, 0.25) is 0 Å². The Morgan fingerprint density at radius 1 is 1.00 bits per heavy atom. The Labute approximate surface area is 211 Å². The Morgan fingerprint density at radius 2 is 1.65 bits per heavy atom. The molecule has 1 fully saturated rings. The number of carbonyl (C=O) groups excluding carboxylic acids is 1. The second kappa shape index (κ2) is 11.3. The molecule has 198 valence electrons. The van der Waals surface area contributed by atoms with Crippen LogP contribution in [-0.4, -0.2) is 86.0 Å². The van der Waals surface area contributed by atoms with Gasteiger partial charge in [0.25, 0.3) is 5.95 Å². The molecule has 14 heteroatoms. The number of carboxylic acid groups (broad SMARTS) is 1. The van der Waals surface area contributed by atoms with Gasteiger partial charge in [-0.3, -0.25) is 4.79 Å². The average Bonchev–Trinajstić information content (AvgIpc) is 3.16. The van der Waals surface area contributed by atoms with Gasteiger partial charge in [-0.15, -0.1) is 0 Å². The van der Waals surface area contributed by atoms with E-state index >= 15 is 0 Å². The first-order valence-corrected chi connectivity index (χ1v) is 11.2. The number of likely N-dealkylation sites (N-methyl/N-ethyl adjacent to an activating group) is 1. The number of amides is 1. The number of pyridine rings is 1. The molecule has 1 saturated heterocycles. The third-order valence-electron chi connectivity index (χ3n) is 5.28. The highest BCUT2D eigenvalue weighted by molar-refractivity contribution is 5.88. The molecular formula is C23H27F3N8O3. The van der Waals surface area contributed by atoms with Gasteiger partial charge < -0.3 is 20.2 Å². The molecule has 4 heterocycles. The Kier molecular flexibility index (Phi) is 8.42. The number of carboxylic acids is 1. The van der Waals surface area contributed by atoms with Crippen LogP contribution in [0.15, 0.2) is 30.3 Å². The van der Waals surface area contributed by atoms with Gasteiger partial charge in [0.2, 0.25) is 5.91 Å². The largest absolute Gasteiger partial charge is 0.490 e. The van der Waals surface area contributed by atoms with Gasteiger partial charge in [0.15, 0.2) is 0 Å². The molecule has 0 unspecified atom stereocenters. The van der Waals surface area contributed by atoms with E-state index < -0.39 is 12.1 Å². The molecule has 1 amide bonds. The number of alkyl halides is 3. The molecule has 3 aromatic rings. The van der Waals surface area contributed by atoms with Crippen molar-refractivity contribution in [2.24, 2.45) is 0 Å². The van der Waals surface area contributed by atoms with Crippen LogP contribution in [0.25, 0.3) is 17.3 Å². The summed E-state index contributed by atoms with van der Waals surface area (Å²) < 4.78 is 33.4. The summed E-state index contributed by atoms with van der Waals surface area (Å²) in [6, 6.07) is 9.63. The summed E-state index contributed by atoms with van der Waals surface area (Å²) in [5, 5.41) is 14.4. The molecule has 0 aliphatic carbocycles. The quantitative estimate of drug-likeness (QED) is 0.533. The molecule has 37 heavy (non-hydrogen) atoms. The van der Waals surface area contributed by atoms with E-state index in [2.05, 4.69) is 32.2 Å². The molecule has 0 saturated carbocycles. The molecule has 0 radical (unpaired) electrons. The van der Waals surface area contributed by atoms with Crippen LogP contribution in [0.4, 0.5) is 24.8 Å². The molecule has 1 aliphatic heterocycles. The number of aryl methyl sites for hydroxylation is 2. The van der Waals surface area contributed by atoms with Gasteiger partial charge >= 0.3 is 12.1 Å². The minimum atomic E-state index is -5.08. The fourth-order valence-corrected chi connectivity index (χ4v) is 3.51. The summed E-state index contributed by atoms with van der Waals surface area (Å²) in [6.45, 7) is 9.21. The molecule has 0 atom stereocenters. The number of rotatable bonds is 4.